The van der Waals surface area contributed by atoms with E-state index in [1.165, 1.54) is 13.8 Å². The van der Waals surface area contributed by atoms with Crippen molar-refractivity contribution in [2.24, 2.45) is 5.92 Å². The van der Waals surface area contributed by atoms with Crippen molar-refractivity contribution in [3.05, 3.63) is 34.1 Å². The third-order valence-electron chi connectivity index (χ3n) is 2.63. The van der Waals surface area contributed by atoms with E-state index in [0.717, 1.165) is 12.1 Å². The smallest absolute Gasteiger partial charge is 0.322 e. The number of nitro groups is 1. The zero-order valence-electron chi connectivity index (χ0n) is 11.1. The first kappa shape index (κ1) is 17.0. The van der Waals surface area contributed by atoms with Crippen LogP contribution in [0, 0.1) is 21.8 Å². The molecule has 8 nitrogen and oxygen atoms in total. The molecule has 0 saturated carbocycles. The highest BCUT2D eigenvalue weighted by atomic mass is 32.2. The third kappa shape index (κ3) is 3.95. The van der Waals surface area contributed by atoms with Crippen LogP contribution in [-0.2, 0) is 14.8 Å². The van der Waals surface area contributed by atoms with Gasteiger partial charge in [0.25, 0.3) is 5.69 Å². The van der Waals surface area contributed by atoms with Crippen LogP contribution in [0.4, 0.5) is 10.1 Å². The standard InChI is InChI=1S/C11H13FN2O6S/c1-6(2)10(11(15)16)13-21(19,20)9-4-3-7(14(17)18)5-8(9)12/h3-6,10,13H,1-2H3,(H,15,16). The second-order valence-corrected chi connectivity index (χ2v) is 6.24. The molecule has 0 saturated heterocycles. The molecule has 0 spiro atoms. The molecule has 116 valence electrons. The van der Waals surface area contributed by atoms with E-state index in [-0.39, 0.29) is 0 Å². The molecule has 1 aromatic carbocycles. The number of carbonyl (C=O) groups is 1. The monoisotopic (exact) mass is 320 g/mol. The minimum absolute atomic E-state index is 0.458. The number of sulfonamides is 1. The second-order valence-electron chi connectivity index (χ2n) is 4.55. The maximum absolute atomic E-state index is 13.7. The average Bonchev–Trinajstić information content (AvgIpc) is 2.34. The van der Waals surface area contributed by atoms with E-state index in [9.17, 15) is 27.7 Å². The SMILES string of the molecule is CC(C)C(NS(=O)(=O)c1ccc([N+](=O)[O-])cc1F)C(=O)O. The largest absolute Gasteiger partial charge is 0.480 e. The number of aliphatic carboxylic acids is 1. The zero-order valence-corrected chi connectivity index (χ0v) is 11.9. The Kier molecular flexibility index (Phi) is 4.97. The van der Waals surface area contributed by atoms with Crippen molar-refractivity contribution >= 4 is 21.7 Å². The van der Waals surface area contributed by atoms with Crippen molar-refractivity contribution in [1.82, 2.24) is 4.72 Å². The van der Waals surface area contributed by atoms with Gasteiger partial charge in [0.1, 0.15) is 16.8 Å². The Morgan fingerprint density at radius 2 is 2.00 bits per heavy atom. The summed E-state index contributed by atoms with van der Waals surface area (Å²) in [6.07, 6.45) is 0. The molecular weight excluding hydrogens is 307 g/mol. The van der Waals surface area contributed by atoms with Crippen LogP contribution in [0.1, 0.15) is 13.8 Å². The summed E-state index contributed by atoms with van der Waals surface area (Å²) in [4.78, 5) is 19.7. The summed E-state index contributed by atoms with van der Waals surface area (Å²) < 4.78 is 39.5. The van der Waals surface area contributed by atoms with Crippen LogP contribution < -0.4 is 4.72 Å². The Labute approximate surface area is 119 Å². The van der Waals surface area contributed by atoms with E-state index in [2.05, 4.69) is 0 Å². The first-order valence-corrected chi connectivity index (χ1v) is 7.23. The molecule has 1 aromatic rings. The van der Waals surface area contributed by atoms with E-state index in [1.807, 2.05) is 4.72 Å². The summed E-state index contributed by atoms with van der Waals surface area (Å²) in [5.74, 6) is -3.31. The van der Waals surface area contributed by atoms with Crippen molar-refractivity contribution in [2.45, 2.75) is 24.8 Å². The molecule has 0 bridgehead atoms. The van der Waals surface area contributed by atoms with Crippen LogP contribution in [0.5, 0.6) is 0 Å². The third-order valence-corrected chi connectivity index (χ3v) is 4.10. The average molecular weight is 320 g/mol. The van der Waals surface area contributed by atoms with Gasteiger partial charge in [0, 0.05) is 6.07 Å². The van der Waals surface area contributed by atoms with Crippen LogP contribution in [-0.4, -0.2) is 30.5 Å². The predicted octanol–water partition coefficient (Wildman–Crippen LogP) is 1.12. The predicted molar refractivity (Wildman–Crippen MR) is 69.6 cm³/mol. The molecule has 1 unspecified atom stereocenters. The van der Waals surface area contributed by atoms with Gasteiger partial charge < -0.3 is 5.11 Å². The molecule has 0 aliphatic heterocycles. The molecule has 1 rings (SSSR count). The van der Waals surface area contributed by atoms with Gasteiger partial charge in [-0.15, -0.1) is 0 Å². The zero-order chi connectivity index (χ0) is 16.4. The highest BCUT2D eigenvalue weighted by Crippen LogP contribution is 2.21. The molecule has 0 heterocycles. The molecule has 0 fully saturated rings. The van der Waals surface area contributed by atoms with Gasteiger partial charge in [0.2, 0.25) is 10.0 Å². The lowest BCUT2D eigenvalue weighted by atomic mass is 10.1. The Morgan fingerprint density at radius 1 is 1.43 bits per heavy atom. The van der Waals surface area contributed by atoms with Gasteiger partial charge in [-0.25, -0.2) is 12.8 Å². The number of hydrogen-bond acceptors (Lipinski definition) is 5. The Balaban J connectivity index is 3.19. The maximum Gasteiger partial charge on any atom is 0.322 e. The summed E-state index contributed by atoms with van der Waals surface area (Å²) in [5, 5.41) is 19.4. The number of nitrogens with zero attached hydrogens (tertiary/aromatic N) is 1. The van der Waals surface area contributed by atoms with Gasteiger partial charge in [0.15, 0.2) is 0 Å². The summed E-state index contributed by atoms with van der Waals surface area (Å²) >= 11 is 0. The van der Waals surface area contributed by atoms with Crippen LogP contribution in [0.2, 0.25) is 0 Å². The molecule has 0 aliphatic carbocycles. The van der Waals surface area contributed by atoms with Crippen molar-refractivity contribution in [2.75, 3.05) is 0 Å². The molecule has 0 aromatic heterocycles. The molecule has 1 atom stereocenters. The maximum atomic E-state index is 13.7. The summed E-state index contributed by atoms with van der Waals surface area (Å²) in [7, 11) is -4.45. The minimum atomic E-state index is -4.45. The Hall–Kier alpha value is -2.07. The van der Waals surface area contributed by atoms with Gasteiger partial charge in [-0.2, -0.15) is 4.72 Å². The quantitative estimate of drug-likeness (QED) is 0.597. The molecule has 0 amide bonds. The molecular formula is C11H13FN2O6S. The fourth-order valence-electron chi connectivity index (χ4n) is 1.52. The Morgan fingerprint density at radius 3 is 2.38 bits per heavy atom. The first-order chi connectivity index (χ1) is 9.56. The summed E-state index contributed by atoms with van der Waals surface area (Å²) in [5.41, 5.74) is -0.606. The van der Waals surface area contributed by atoms with Crippen molar-refractivity contribution < 1.29 is 27.6 Å². The number of halogens is 1. The fraction of sp³-hybridized carbons (Fsp3) is 0.364. The molecule has 0 radical (unpaired) electrons. The number of hydrogen-bond donors (Lipinski definition) is 2. The van der Waals surface area contributed by atoms with Crippen molar-refractivity contribution in [1.29, 1.82) is 0 Å². The van der Waals surface area contributed by atoms with Crippen LogP contribution in [0.15, 0.2) is 23.1 Å². The number of nitrogens with one attached hydrogen (secondary N) is 1. The van der Waals surface area contributed by atoms with Crippen molar-refractivity contribution in [3.8, 4) is 0 Å². The van der Waals surface area contributed by atoms with Gasteiger partial charge in [-0.3, -0.25) is 14.9 Å². The number of carboxylic acid groups (broad SMARTS) is 1. The summed E-state index contributed by atoms with van der Waals surface area (Å²) in [6, 6.07) is 0.557. The van der Waals surface area contributed by atoms with Gasteiger partial charge in [-0.05, 0) is 12.0 Å². The summed E-state index contributed by atoms with van der Waals surface area (Å²) in [6.45, 7) is 2.96. The molecule has 21 heavy (non-hydrogen) atoms. The van der Waals surface area contributed by atoms with Gasteiger partial charge in [-0.1, -0.05) is 13.8 Å². The lowest BCUT2D eigenvalue weighted by molar-refractivity contribution is -0.385. The van der Waals surface area contributed by atoms with Crippen LogP contribution in [0.3, 0.4) is 0 Å². The number of carboxylic acids is 1. The van der Waals surface area contributed by atoms with Crippen LogP contribution in [0.25, 0.3) is 0 Å². The highest BCUT2D eigenvalue weighted by molar-refractivity contribution is 7.89. The normalized spacial score (nSPS) is 13.1. The van der Waals surface area contributed by atoms with E-state index in [0.29, 0.717) is 6.07 Å². The molecule has 2 N–H and O–H groups in total. The lowest BCUT2D eigenvalue weighted by Crippen LogP contribution is -2.44. The number of rotatable bonds is 6. The lowest BCUT2D eigenvalue weighted by Gasteiger charge is -2.18. The second kappa shape index (κ2) is 6.14. The fourth-order valence-corrected chi connectivity index (χ4v) is 2.92. The highest BCUT2D eigenvalue weighted by Gasteiger charge is 2.30. The van der Waals surface area contributed by atoms with E-state index < -0.39 is 49.3 Å². The molecule has 0 aliphatic rings. The minimum Gasteiger partial charge on any atom is -0.480 e. The number of benzene rings is 1. The number of non-ortho nitro benzene ring substituents is 1. The first-order valence-electron chi connectivity index (χ1n) is 5.75. The Bertz CT molecular complexity index is 673. The van der Waals surface area contributed by atoms with Crippen molar-refractivity contribution in [3.63, 3.8) is 0 Å². The van der Waals surface area contributed by atoms with Gasteiger partial charge >= 0.3 is 5.97 Å². The number of nitro benzene ring substituents is 1. The van der Waals surface area contributed by atoms with E-state index in [1.54, 1.807) is 0 Å². The topological polar surface area (TPSA) is 127 Å². The molecule has 10 heteroatoms. The van der Waals surface area contributed by atoms with E-state index >= 15 is 0 Å². The van der Waals surface area contributed by atoms with Gasteiger partial charge in [0.05, 0.1) is 11.0 Å². The van der Waals surface area contributed by atoms with E-state index in [4.69, 9.17) is 5.11 Å². The van der Waals surface area contributed by atoms with Crippen LogP contribution >= 0.6 is 0 Å².